The minimum atomic E-state index is -0.599. The van der Waals surface area contributed by atoms with Gasteiger partial charge < -0.3 is 84.6 Å². The Balaban J connectivity index is -0.000000376. The Morgan fingerprint density at radius 1 is 0.299 bits per heavy atom. The van der Waals surface area contributed by atoms with Gasteiger partial charge in [0.2, 0.25) is 0 Å². The Morgan fingerprint density at radius 2 is 0.619 bits per heavy atom. The quantitative estimate of drug-likeness (QED) is 0.0217. The molecule has 10 N–H and O–H groups in total. The van der Waals surface area contributed by atoms with Gasteiger partial charge in [-0.1, -0.05) is 184 Å². The number of nitrogens with one attached hydrogen (secondary N) is 10. The van der Waals surface area contributed by atoms with Gasteiger partial charge in [0.15, 0.2) is 0 Å². The second kappa shape index (κ2) is 82.4. The predicted molar refractivity (Wildman–Crippen MR) is 603 cm³/mol. The average molecular weight is 2090 g/mol. The molecule has 0 heterocycles. The van der Waals surface area contributed by atoms with Crippen LogP contribution in [0.5, 0.6) is 0 Å². The summed E-state index contributed by atoms with van der Waals surface area (Å²) in [4.78, 5) is 116. The molecule has 0 bridgehead atoms. The van der Waals surface area contributed by atoms with Gasteiger partial charge in [0.05, 0.1) is 37.1 Å². The molecule has 0 spiro atoms. The van der Waals surface area contributed by atoms with E-state index >= 15 is 0 Å². The van der Waals surface area contributed by atoms with Crippen LogP contribution in [0.1, 0.15) is 440 Å². The molecular weight excluding hydrogens is 1870 g/mol. The van der Waals surface area contributed by atoms with E-state index < -0.39 is 11.1 Å². The Kier molecular flexibility index (Phi) is 84.3. The van der Waals surface area contributed by atoms with Crippen molar-refractivity contribution in [3.63, 3.8) is 0 Å². The summed E-state index contributed by atoms with van der Waals surface area (Å²) >= 11 is 0. The maximum atomic E-state index is 12.0. The van der Waals surface area contributed by atoms with E-state index in [1.807, 2.05) is 351 Å². The fourth-order valence-electron chi connectivity index (χ4n) is 14.7. The molecule has 0 aromatic heterocycles. The van der Waals surface area contributed by atoms with Gasteiger partial charge in [0.1, 0.15) is 84.3 Å². The van der Waals surface area contributed by atoms with Crippen LogP contribution in [0.4, 0.5) is 0 Å². The Labute approximate surface area is 896 Å². The first-order chi connectivity index (χ1) is 67.6. The van der Waals surface area contributed by atoms with Crippen molar-refractivity contribution in [2.45, 2.75) is 609 Å². The van der Waals surface area contributed by atoms with Crippen LogP contribution < -0.4 is 53.2 Å². The summed E-state index contributed by atoms with van der Waals surface area (Å²) in [6.45, 7) is 94.9. The summed E-state index contributed by atoms with van der Waals surface area (Å²) in [5.41, 5.74) is 0.762. The van der Waals surface area contributed by atoms with E-state index in [1.165, 1.54) is 32.1 Å². The lowest BCUT2D eigenvalue weighted by Gasteiger charge is -2.27. The highest BCUT2D eigenvalue weighted by Gasteiger charge is 2.34. The zero-order valence-corrected chi connectivity index (χ0v) is 102. The number of hydrogen-bond donors (Lipinski definition) is 10. The smallest absolute Gasteiger partial charge is 0.326 e. The second-order valence-electron chi connectivity index (χ2n) is 46.4. The first-order valence-corrected chi connectivity index (χ1v) is 55.3. The van der Waals surface area contributed by atoms with Crippen molar-refractivity contribution >= 4 is 59.7 Å². The molecule has 8 atom stereocenters. The third kappa shape index (κ3) is 90.0. The Hall–Kier alpha value is -7.26. The predicted octanol–water partition coefficient (Wildman–Crippen LogP) is 21.3. The molecule has 2 fully saturated rings. The molecule has 30 heteroatoms. The fraction of sp³-hybridized carbons (Fsp3) is 0.812. The van der Waals surface area contributed by atoms with Crippen molar-refractivity contribution in [1.82, 2.24) is 53.2 Å². The average Bonchev–Trinajstić information content (AvgIpc) is 1.22. The third-order valence-electron chi connectivity index (χ3n) is 20.4. The van der Waals surface area contributed by atoms with Crippen molar-refractivity contribution in [2.24, 2.45) is 5.92 Å². The highest BCUT2D eigenvalue weighted by molar-refractivity contribution is 5.81. The second-order valence-corrected chi connectivity index (χ2v) is 46.4. The number of carbonyl (C=O) groups excluding carboxylic acids is 10. The highest BCUT2D eigenvalue weighted by Crippen LogP contribution is 2.24. The molecule has 2 aliphatic carbocycles. The first kappa shape index (κ1) is 150. The summed E-state index contributed by atoms with van der Waals surface area (Å²) < 4.78 is 52.2. The lowest BCUT2D eigenvalue weighted by atomic mass is 9.98. The number of rotatable bonds is 47. The molecule has 2 saturated carbocycles. The minimum absolute atomic E-state index is 0.0319. The molecule has 2 aromatic rings. The maximum absolute atomic E-state index is 12.0. The van der Waals surface area contributed by atoms with Gasteiger partial charge in [-0.05, 0) is 328 Å². The Morgan fingerprint density at radius 3 is 0.952 bits per heavy atom. The topological polar surface area (TPSA) is 383 Å². The summed E-state index contributed by atoms with van der Waals surface area (Å²) in [5.74, 6) is -1.08. The number of esters is 10. The lowest BCUT2D eigenvalue weighted by molar-refractivity contribution is -0.155. The van der Waals surface area contributed by atoms with Crippen molar-refractivity contribution in [3.8, 4) is 0 Å². The van der Waals surface area contributed by atoms with Crippen LogP contribution in [0.2, 0.25) is 0 Å². The van der Waals surface area contributed by atoms with Gasteiger partial charge in [0.25, 0.3) is 0 Å². The number of carbonyl (C=O) groups is 10. The molecule has 147 heavy (non-hydrogen) atoms. The molecule has 30 nitrogen and oxygen atoms in total. The van der Waals surface area contributed by atoms with Crippen LogP contribution in [0.15, 0.2) is 60.7 Å². The number of hydrogen-bond acceptors (Lipinski definition) is 30. The summed E-state index contributed by atoms with van der Waals surface area (Å²) in [6, 6.07) is 20.0. The third-order valence-corrected chi connectivity index (χ3v) is 20.4. The van der Waals surface area contributed by atoms with Crippen LogP contribution in [0.25, 0.3) is 0 Å². The van der Waals surface area contributed by atoms with Crippen molar-refractivity contribution in [1.29, 1.82) is 0 Å². The summed E-state index contributed by atoms with van der Waals surface area (Å²) in [6.07, 6.45) is 16.2. The molecule has 0 unspecified atom stereocenters. The van der Waals surface area contributed by atoms with E-state index in [2.05, 4.69) is 94.7 Å². The zero-order valence-electron chi connectivity index (χ0n) is 102. The molecule has 0 amide bonds. The molecular formula is C117H224N10O20. The minimum Gasteiger partial charge on any atom is -0.465 e. The molecule has 0 saturated heterocycles. The van der Waals surface area contributed by atoms with Crippen molar-refractivity contribution < 1.29 is 95.3 Å². The van der Waals surface area contributed by atoms with E-state index in [0.717, 1.165) is 75.3 Å². The molecule has 4 rings (SSSR count). The molecule has 2 aromatic carbocycles. The van der Waals surface area contributed by atoms with Crippen molar-refractivity contribution in [3.05, 3.63) is 71.8 Å². The Bertz CT molecular complexity index is 3680. The highest BCUT2D eigenvalue weighted by atomic mass is 16.6. The molecule has 862 valence electrons. The summed E-state index contributed by atoms with van der Waals surface area (Å²) in [7, 11) is 0. The van der Waals surface area contributed by atoms with Gasteiger partial charge in [-0.3, -0.25) is 63.9 Å². The van der Waals surface area contributed by atoms with E-state index in [9.17, 15) is 47.9 Å². The van der Waals surface area contributed by atoms with Crippen LogP contribution in [0.3, 0.4) is 0 Å². The number of ether oxygens (including phenoxy) is 10. The molecule has 0 aliphatic heterocycles. The van der Waals surface area contributed by atoms with Gasteiger partial charge >= 0.3 is 59.7 Å². The van der Waals surface area contributed by atoms with Crippen LogP contribution in [-0.2, 0) is 108 Å². The SMILES string of the molecule is CC(C)C[C@H](NC(C)C)C(=O)OC(C)C.CC(C)NC(C)(C)C(=O)OC(C)C.CC(C)N[C@@H](C)C(=O)OC1CCCCC1.CC(C)N[C@@H](Cc1ccccc1)C(=O)OC(C)C.CCC(CC)OC(=O)[C@H](C)NC(C)C.CCC[C@H](NC(C)(C)C)C(=O)OC(C)C.CCOC(=O)C(C)(C)NC(C)C.CC[C@H](NC(C)C)C(=O)OC(C)C.C[C@H](NC(C)(C)C)C(=O)OC1CCCC1.C[C@H](NC(C)(C)C)C(=O)OCc1ccccc1. The van der Waals surface area contributed by atoms with E-state index in [1.54, 1.807) is 0 Å². The van der Waals surface area contributed by atoms with E-state index in [-0.39, 0.29) is 192 Å². The van der Waals surface area contributed by atoms with Gasteiger partial charge in [-0.25, -0.2) is 0 Å². The van der Waals surface area contributed by atoms with Crippen LogP contribution in [0, 0.1) is 5.92 Å². The monoisotopic (exact) mass is 2090 g/mol. The molecule has 0 radical (unpaired) electrons. The summed E-state index contributed by atoms with van der Waals surface area (Å²) in [5, 5.41) is 31.9. The maximum Gasteiger partial charge on any atom is 0.326 e. The number of benzene rings is 2. The van der Waals surface area contributed by atoms with Gasteiger partial charge in [0, 0.05) is 58.9 Å². The van der Waals surface area contributed by atoms with Crippen LogP contribution >= 0.6 is 0 Å². The van der Waals surface area contributed by atoms with Gasteiger partial charge in [-0.15, -0.1) is 0 Å². The standard InChI is InChI=1S/C15H23NO2.C14H21NO2.2C12H23NO2.2C12H25NO2.C11H23NO2.2C10H21NO2.C9H19NO2/c1-11(2)16-14(15(17)18-12(3)4)10-13-8-6-5-7-9-13;1-11(15-14(2,3)4)13(16)17-10-12-8-6-5-7-9-12;1-9(13-12(2,3)4)11(14)15-10-7-5-6-8-10;1-9(2)13-10(3)12(14)15-11-7-5-4-6-8-11;1-8(2)7-11(13-9(3)4)12(14)15-10(5)6;1-7-8-10(13-12(4,5)6)11(14)15-9(2)3;1-6-10(7-2)14-11(13)9(5)12-8(3)4;1-7(2)11-10(5,6)9(12)13-8(3)4;1-6-9(11-7(2)3)10(12)13-8(4)5;1-6-12-8(11)9(4,5)10-7(2)3/h5-9,11-12,14,16H,10H2,1-4H3;5-9,11,15H,10H2,1-4H3;9-10,13H,5-8H2,1-4H3;9-11,13H,4-8H2,1-3H3;8-11,13H,7H2,1-6H3;9-10,13H,7-8H2,1-6H3;8-10,12H,6-7H2,1-5H3;7-8,11H,1-6H3;7-9,11H,6H2,1-5H3;7,10H,6H2,1-5H3/t14-;11-;9-;10-;11-;10-;9-;;9-;/m0000000.0./s1. The first-order valence-electron chi connectivity index (χ1n) is 55.3. The normalized spacial score (nSPS) is 14.6. The van der Waals surface area contributed by atoms with E-state index in [4.69, 9.17) is 47.4 Å². The zero-order chi connectivity index (χ0) is 115. The lowest BCUT2D eigenvalue weighted by Crippen LogP contribution is -2.51. The van der Waals surface area contributed by atoms with Crippen LogP contribution in [-0.4, -0.2) is 233 Å². The largest absolute Gasteiger partial charge is 0.465 e. The fourth-order valence-corrected chi connectivity index (χ4v) is 14.7. The molecule has 2 aliphatic rings. The van der Waals surface area contributed by atoms with E-state index in [0.29, 0.717) is 49.7 Å². The van der Waals surface area contributed by atoms with Crippen molar-refractivity contribution in [2.75, 3.05) is 6.61 Å². The van der Waals surface area contributed by atoms with Gasteiger partial charge in [-0.2, -0.15) is 0 Å².